The highest BCUT2D eigenvalue weighted by Crippen LogP contribution is 2.29. The Kier molecular flexibility index (Phi) is 3.29. The first-order valence-corrected chi connectivity index (χ1v) is 6.79. The van der Waals surface area contributed by atoms with Gasteiger partial charge < -0.3 is 9.88 Å². The maximum absolute atomic E-state index is 6.35. The lowest BCUT2D eigenvalue weighted by atomic mass is 10.1. The Morgan fingerprint density at radius 1 is 1.28 bits per heavy atom. The van der Waals surface area contributed by atoms with E-state index in [-0.39, 0.29) is 0 Å². The number of hydrogen-bond acceptors (Lipinski definition) is 2. The van der Waals surface area contributed by atoms with E-state index in [2.05, 4.69) is 33.0 Å². The van der Waals surface area contributed by atoms with Crippen LogP contribution in [0.25, 0.3) is 10.9 Å². The van der Waals surface area contributed by atoms with Crippen LogP contribution in [-0.2, 0) is 13.6 Å². The third kappa shape index (κ3) is 2.14. The summed E-state index contributed by atoms with van der Waals surface area (Å²) in [5, 5.41) is 5.45. The molecule has 4 heteroatoms. The third-order valence-corrected chi connectivity index (χ3v) is 3.94. The molecule has 2 aromatic rings. The van der Waals surface area contributed by atoms with E-state index in [4.69, 9.17) is 11.6 Å². The molecule has 0 bridgehead atoms. The number of rotatable bonds is 2. The predicted octanol–water partition coefficient (Wildman–Crippen LogP) is 2.24. The number of piperazine rings is 1. The summed E-state index contributed by atoms with van der Waals surface area (Å²) in [6.45, 7) is 5.38. The largest absolute Gasteiger partial charge is 0.349 e. The number of aryl methyl sites for hydroxylation is 1. The topological polar surface area (TPSA) is 20.2 Å². The van der Waals surface area contributed by atoms with Crippen LogP contribution >= 0.6 is 11.6 Å². The molecule has 3 nitrogen and oxygen atoms in total. The lowest BCUT2D eigenvalue weighted by Gasteiger charge is -2.27. The van der Waals surface area contributed by atoms with E-state index >= 15 is 0 Å². The summed E-state index contributed by atoms with van der Waals surface area (Å²) in [5.41, 5.74) is 2.55. The van der Waals surface area contributed by atoms with Crippen molar-refractivity contribution in [1.29, 1.82) is 0 Å². The lowest BCUT2D eigenvalue weighted by molar-refractivity contribution is 0.234. The Labute approximate surface area is 112 Å². The molecule has 0 saturated carbocycles. The maximum atomic E-state index is 6.35. The molecule has 0 amide bonds. The fourth-order valence-electron chi connectivity index (χ4n) is 2.70. The average molecular weight is 264 g/mol. The molecule has 3 rings (SSSR count). The molecule has 0 radical (unpaired) electrons. The van der Waals surface area contributed by atoms with Crippen LogP contribution in [0, 0.1) is 0 Å². The first kappa shape index (κ1) is 12.0. The van der Waals surface area contributed by atoms with Crippen molar-refractivity contribution in [3.8, 4) is 0 Å². The zero-order valence-electron chi connectivity index (χ0n) is 10.6. The molecule has 1 saturated heterocycles. The quantitative estimate of drug-likeness (QED) is 0.897. The fourth-order valence-corrected chi connectivity index (χ4v) is 3.07. The van der Waals surface area contributed by atoms with Gasteiger partial charge in [0.15, 0.2) is 0 Å². The minimum Gasteiger partial charge on any atom is -0.349 e. The molecule has 0 spiro atoms. The first-order chi connectivity index (χ1) is 8.75. The summed E-state index contributed by atoms with van der Waals surface area (Å²) in [4.78, 5) is 2.48. The molecule has 18 heavy (non-hydrogen) atoms. The van der Waals surface area contributed by atoms with Crippen molar-refractivity contribution < 1.29 is 0 Å². The van der Waals surface area contributed by atoms with Crippen LogP contribution in [0.15, 0.2) is 24.4 Å². The van der Waals surface area contributed by atoms with E-state index in [1.54, 1.807) is 0 Å². The Morgan fingerprint density at radius 3 is 2.83 bits per heavy atom. The third-order valence-electron chi connectivity index (χ3n) is 3.66. The van der Waals surface area contributed by atoms with E-state index in [1.165, 1.54) is 16.5 Å². The summed E-state index contributed by atoms with van der Waals surface area (Å²) in [5.74, 6) is 0. The monoisotopic (exact) mass is 263 g/mol. The van der Waals surface area contributed by atoms with Gasteiger partial charge in [0, 0.05) is 56.9 Å². The summed E-state index contributed by atoms with van der Waals surface area (Å²) in [6.07, 6.45) is 1.99. The van der Waals surface area contributed by atoms with Crippen LogP contribution < -0.4 is 5.32 Å². The SMILES string of the molecule is Cn1cc(Cl)c2c(CN3CCNCC3)cccc21. The van der Waals surface area contributed by atoms with E-state index < -0.39 is 0 Å². The van der Waals surface area contributed by atoms with Gasteiger partial charge in [-0.1, -0.05) is 23.7 Å². The fraction of sp³-hybridized carbons (Fsp3) is 0.429. The number of nitrogens with zero attached hydrogens (tertiary/aromatic N) is 2. The first-order valence-electron chi connectivity index (χ1n) is 6.41. The van der Waals surface area contributed by atoms with Crippen molar-refractivity contribution in [2.45, 2.75) is 6.54 Å². The summed E-state index contributed by atoms with van der Waals surface area (Å²) in [6, 6.07) is 6.44. The molecule has 2 heterocycles. The van der Waals surface area contributed by atoms with E-state index in [0.717, 1.165) is 37.7 Å². The second kappa shape index (κ2) is 4.92. The summed E-state index contributed by atoms with van der Waals surface area (Å²) < 4.78 is 2.10. The van der Waals surface area contributed by atoms with Gasteiger partial charge in [0.25, 0.3) is 0 Å². The zero-order valence-corrected chi connectivity index (χ0v) is 11.4. The Bertz CT molecular complexity index is 555. The molecule has 96 valence electrons. The molecule has 0 aliphatic carbocycles. The number of hydrogen-bond donors (Lipinski definition) is 1. The lowest BCUT2D eigenvalue weighted by Crippen LogP contribution is -2.42. The maximum Gasteiger partial charge on any atom is 0.0664 e. The molecule has 1 aromatic heterocycles. The smallest absolute Gasteiger partial charge is 0.0664 e. The Morgan fingerprint density at radius 2 is 2.06 bits per heavy atom. The van der Waals surface area contributed by atoms with Gasteiger partial charge in [0.1, 0.15) is 0 Å². The van der Waals surface area contributed by atoms with Gasteiger partial charge in [0.05, 0.1) is 5.02 Å². The molecule has 1 N–H and O–H groups in total. The van der Waals surface area contributed by atoms with Crippen LogP contribution in [0.3, 0.4) is 0 Å². The van der Waals surface area contributed by atoms with Crippen molar-refractivity contribution in [3.63, 3.8) is 0 Å². The summed E-state index contributed by atoms with van der Waals surface area (Å²) >= 11 is 6.35. The molecule has 1 aliphatic rings. The molecule has 0 atom stereocenters. The molecule has 0 unspecified atom stereocenters. The molecule has 1 fully saturated rings. The van der Waals surface area contributed by atoms with Gasteiger partial charge in [-0.05, 0) is 11.6 Å². The number of benzene rings is 1. The van der Waals surface area contributed by atoms with E-state index in [9.17, 15) is 0 Å². The highest BCUT2D eigenvalue weighted by Gasteiger charge is 2.14. The average Bonchev–Trinajstić information content (AvgIpc) is 2.67. The molecular weight excluding hydrogens is 246 g/mol. The van der Waals surface area contributed by atoms with Crippen LogP contribution in [-0.4, -0.2) is 35.6 Å². The van der Waals surface area contributed by atoms with Crippen molar-refractivity contribution >= 4 is 22.5 Å². The Balaban J connectivity index is 1.95. The van der Waals surface area contributed by atoms with Gasteiger partial charge in [-0.2, -0.15) is 0 Å². The predicted molar refractivity (Wildman–Crippen MR) is 76.1 cm³/mol. The van der Waals surface area contributed by atoms with Crippen molar-refractivity contribution in [1.82, 2.24) is 14.8 Å². The van der Waals surface area contributed by atoms with Gasteiger partial charge in [-0.15, -0.1) is 0 Å². The number of fused-ring (bicyclic) bond motifs is 1. The van der Waals surface area contributed by atoms with Crippen LogP contribution in [0.5, 0.6) is 0 Å². The van der Waals surface area contributed by atoms with Crippen molar-refractivity contribution in [2.24, 2.45) is 7.05 Å². The van der Waals surface area contributed by atoms with Crippen molar-refractivity contribution in [3.05, 3.63) is 35.0 Å². The van der Waals surface area contributed by atoms with Gasteiger partial charge in [-0.25, -0.2) is 0 Å². The molecular formula is C14H18ClN3. The van der Waals surface area contributed by atoms with Gasteiger partial charge in [0.2, 0.25) is 0 Å². The number of nitrogens with one attached hydrogen (secondary N) is 1. The Hall–Kier alpha value is -1.03. The zero-order chi connectivity index (χ0) is 12.5. The number of halogens is 1. The number of aromatic nitrogens is 1. The highest BCUT2D eigenvalue weighted by molar-refractivity contribution is 6.35. The second-order valence-electron chi connectivity index (χ2n) is 4.93. The van der Waals surface area contributed by atoms with Crippen molar-refractivity contribution in [2.75, 3.05) is 26.2 Å². The highest BCUT2D eigenvalue weighted by atomic mass is 35.5. The minimum atomic E-state index is 0.859. The second-order valence-corrected chi connectivity index (χ2v) is 5.33. The van der Waals surface area contributed by atoms with Gasteiger partial charge in [-0.3, -0.25) is 4.90 Å². The summed E-state index contributed by atoms with van der Waals surface area (Å²) in [7, 11) is 2.04. The van der Waals surface area contributed by atoms with Crippen LogP contribution in [0.2, 0.25) is 5.02 Å². The van der Waals surface area contributed by atoms with Crippen LogP contribution in [0.4, 0.5) is 0 Å². The normalized spacial score (nSPS) is 17.4. The standard InChI is InChI=1S/C14H18ClN3/c1-17-10-12(15)14-11(3-2-4-13(14)17)9-18-7-5-16-6-8-18/h2-4,10,16H,5-9H2,1H3. The van der Waals surface area contributed by atoms with Crippen LogP contribution in [0.1, 0.15) is 5.56 Å². The molecule has 1 aliphatic heterocycles. The van der Waals surface area contributed by atoms with E-state index in [1.807, 2.05) is 13.2 Å². The minimum absolute atomic E-state index is 0.859. The molecule has 1 aromatic carbocycles. The van der Waals surface area contributed by atoms with E-state index in [0.29, 0.717) is 0 Å². The van der Waals surface area contributed by atoms with Gasteiger partial charge >= 0.3 is 0 Å².